The zero-order valence-electron chi connectivity index (χ0n) is 9.49. The topological polar surface area (TPSA) is 123 Å². The molecule has 0 saturated heterocycles. The van der Waals surface area contributed by atoms with Crippen LogP contribution in [0, 0.1) is 0 Å². The Morgan fingerprint density at radius 1 is 1.67 bits per heavy atom. The number of aliphatic carboxylic acids is 1. The maximum absolute atomic E-state index is 11.9. The molecule has 1 heterocycles. The van der Waals surface area contributed by atoms with Gasteiger partial charge in [-0.05, 0) is 15.9 Å². The first kappa shape index (κ1) is 15.0. The number of carboxylic acids is 1. The number of aryl methyl sites for hydroxylation is 1. The van der Waals surface area contributed by atoms with E-state index in [0.29, 0.717) is 0 Å². The number of carbonyl (C=O) groups is 1. The quantitative estimate of drug-likeness (QED) is 0.676. The molecule has 0 aromatic carbocycles. The van der Waals surface area contributed by atoms with E-state index in [1.807, 2.05) is 0 Å². The third kappa shape index (κ3) is 3.25. The van der Waals surface area contributed by atoms with Crippen molar-refractivity contribution in [3.63, 3.8) is 0 Å². The van der Waals surface area contributed by atoms with Crippen LogP contribution in [0.5, 0.6) is 0 Å². The molecule has 1 unspecified atom stereocenters. The number of carboxylic acid groups (broad SMARTS) is 1. The number of ether oxygens (including phenoxy) is 1. The normalized spacial score (nSPS) is 13.5. The molecule has 102 valence electrons. The van der Waals surface area contributed by atoms with Crippen molar-refractivity contribution in [3.05, 3.63) is 4.60 Å². The summed E-state index contributed by atoms with van der Waals surface area (Å²) < 4.78 is 31.6. The Kier molecular flexibility index (Phi) is 4.78. The van der Waals surface area contributed by atoms with Crippen molar-refractivity contribution in [1.82, 2.24) is 19.7 Å². The van der Waals surface area contributed by atoms with Crippen molar-refractivity contribution >= 4 is 31.9 Å². The molecule has 0 bridgehead atoms. The second-order valence-electron chi connectivity index (χ2n) is 3.22. The van der Waals surface area contributed by atoms with Crippen LogP contribution in [0.15, 0.2) is 9.63 Å². The lowest BCUT2D eigenvalue weighted by Crippen LogP contribution is -2.38. The summed E-state index contributed by atoms with van der Waals surface area (Å²) in [5, 5.41) is 15.6. The van der Waals surface area contributed by atoms with Gasteiger partial charge in [-0.25, -0.2) is 22.6 Å². The van der Waals surface area contributed by atoms with Gasteiger partial charge in [-0.3, -0.25) is 0 Å². The van der Waals surface area contributed by atoms with Gasteiger partial charge >= 0.3 is 5.97 Å². The molecule has 1 atom stereocenters. The van der Waals surface area contributed by atoms with Crippen LogP contribution < -0.4 is 4.72 Å². The lowest BCUT2D eigenvalue weighted by molar-refractivity contribution is -0.147. The van der Waals surface area contributed by atoms with Crippen molar-refractivity contribution < 1.29 is 23.1 Å². The minimum absolute atomic E-state index is 0.0433. The van der Waals surface area contributed by atoms with Gasteiger partial charge in [0.1, 0.15) is 0 Å². The highest BCUT2D eigenvalue weighted by atomic mass is 79.9. The molecule has 0 aliphatic carbocycles. The number of sulfonamides is 1. The maximum atomic E-state index is 11.9. The summed E-state index contributed by atoms with van der Waals surface area (Å²) in [6, 6.07) is 0. The van der Waals surface area contributed by atoms with Crippen molar-refractivity contribution in [2.75, 3.05) is 13.7 Å². The van der Waals surface area contributed by atoms with Gasteiger partial charge < -0.3 is 9.84 Å². The number of nitrogens with zero attached hydrogens (tertiary/aromatic N) is 3. The van der Waals surface area contributed by atoms with Gasteiger partial charge in [0.05, 0.1) is 0 Å². The van der Waals surface area contributed by atoms with Gasteiger partial charge in [0, 0.05) is 20.7 Å². The molecular weight excluding hydrogens is 332 g/mol. The number of nitrogens with one attached hydrogen (secondary N) is 1. The Balaban J connectivity index is 2.87. The van der Waals surface area contributed by atoms with E-state index in [-0.39, 0.29) is 9.63 Å². The zero-order chi connectivity index (χ0) is 13.9. The highest BCUT2D eigenvalue weighted by molar-refractivity contribution is 9.10. The first-order valence-corrected chi connectivity index (χ1v) is 6.87. The SMILES string of the molecule is COC(CNS(=O)(=O)c1c(Br)nnn1C)C(=O)O. The van der Waals surface area contributed by atoms with Gasteiger partial charge in [-0.15, -0.1) is 5.10 Å². The van der Waals surface area contributed by atoms with E-state index < -0.39 is 28.6 Å². The molecule has 2 N–H and O–H groups in total. The van der Waals surface area contributed by atoms with Crippen LogP contribution in [-0.2, 0) is 26.6 Å². The fourth-order valence-electron chi connectivity index (χ4n) is 1.13. The molecule has 18 heavy (non-hydrogen) atoms. The molecule has 0 spiro atoms. The summed E-state index contributed by atoms with van der Waals surface area (Å²) in [5.74, 6) is -1.26. The van der Waals surface area contributed by atoms with Crippen LogP contribution in [0.25, 0.3) is 0 Å². The largest absolute Gasteiger partial charge is 0.479 e. The number of hydrogen-bond donors (Lipinski definition) is 2. The molecule has 1 rings (SSSR count). The van der Waals surface area contributed by atoms with E-state index in [4.69, 9.17) is 5.11 Å². The van der Waals surface area contributed by atoms with Crippen LogP contribution in [0.1, 0.15) is 0 Å². The third-order valence-electron chi connectivity index (χ3n) is 2.01. The monoisotopic (exact) mass is 342 g/mol. The molecular formula is C7H11BrN4O5S. The minimum Gasteiger partial charge on any atom is -0.479 e. The van der Waals surface area contributed by atoms with Crippen molar-refractivity contribution in [1.29, 1.82) is 0 Å². The number of methoxy groups -OCH3 is 1. The van der Waals surface area contributed by atoms with E-state index in [1.165, 1.54) is 14.2 Å². The van der Waals surface area contributed by atoms with E-state index in [0.717, 1.165) is 4.68 Å². The Labute approximate surface area is 111 Å². The molecule has 11 heteroatoms. The molecule has 1 aromatic rings. The van der Waals surface area contributed by atoms with Gasteiger partial charge in [0.2, 0.25) is 5.03 Å². The van der Waals surface area contributed by atoms with Crippen molar-refractivity contribution in [2.45, 2.75) is 11.1 Å². The van der Waals surface area contributed by atoms with E-state index >= 15 is 0 Å². The van der Waals surface area contributed by atoms with Gasteiger partial charge in [-0.1, -0.05) is 5.21 Å². The zero-order valence-corrected chi connectivity index (χ0v) is 11.9. The highest BCUT2D eigenvalue weighted by Crippen LogP contribution is 2.17. The van der Waals surface area contributed by atoms with Crippen LogP contribution in [0.3, 0.4) is 0 Å². The second-order valence-corrected chi connectivity index (χ2v) is 5.66. The average Bonchev–Trinajstić information content (AvgIpc) is 2.59. The fraction of sp³-hybridized carbons (Fsp3) is 0.571. The summed E-state index contributed by atoms with van der Waals surface area (Å²) in [5.41, 5.74) is 0. The Morgan fingerprint density at radius 3 is 2.67 bits per heavy atom. The van der Waals surface area contributed by atoms with Crippen molar-refractivity contribution in [3.8, 4) is 0 Å². The van der Waals surface area contributed by atoms with Crippen LogP contribution in [-0.4, -0.2) is 54.2 Å². The van der Waals surface area contributed by atoms with Gasteiger partial charge in [0.15, 0.2) is 10.7 Å². The third-order valence-corrected chi connectivity index (χ3v) is 4.32. The first-order valence-electron chi connectivity index (χ1n) is 4.60. The summed E-state index contributed by atoms with van der Waals surface area (Å²) in [4.78, 5) is 10.7. The molecule has 0 saturated carbocycles. The van der Waals surface area contributed by atoms with Gasteiger partial charge in [-0.2, -0.15) is 0 Å². The number of hydrogen-bond acceptors (Lipinski definition) is 6. The number of halogens is 1. The smallest absolute Gasteiger partial charge is 0.334 e. The van der Waals surface area contributed by atoms with Crippen LogP contribution in [0.2, 0.25) is 0 Å². The lowest BCUT2D eigenvalue weighted by atomic mass is 10.4. The Bertz CT molecular complexity index is 523. The standard InChI is InChI=1S/C7H11BrN4O5S/c1-12-6(5(8)10-11-12)18(15,16)9-3-4(17-2)7(13)14/h4,9H,3H2,1-2H3,(H,13,14). The second kappa shape index (κ2) is 5.73. The molecule has 0 fully saturated rings. The van der Waals surface area contributed by atoms with E-state index in [9.17, 15) is 13.2 Å². The molecule has 9 nitrogen and oxygen atoms in total. The Morgan fingerprint density at radius 2 is 2.28 bits per heavy atom. The van der Waals surface area contributed by atoms with Crippen LogP contribution >= 0.6 is 15.9 Å². The molecule has 0 radical (unpaired) electrons. The summed E-state index contributed by atoms with van der Waals surface area (Å²) >= 11 is 2.94. The van der Waals surface area contributed by atoms with Crippen LogP contribution in [0.4, 0.5) is 0 Å². The van der Waals surface area contributed by atoms with Crippen molar-refractivity contribution in [2.24, 2.45) is 7.05 Å². The highest BCUT2D eigenvalue weighted by Gasteiger charge is 2.26. The fourth-order valence-corrected chi connectivity index (χ4v) is 3.25. The summed E-state index contributed by atoms with van der Waals surface area (Å²) in [6.07, 6.45) is -1.26. The van der Waals surface area contributed by atoms with E-state index in [1.54, 1.807) is 0 Å². The minimum atomic E-state index is -3.92. The number of aromatic nitrogens is 3. The molecule has 0 aliphatic heterocycles. The first-order chi connectivity index (χ1) is 8.29. The predicted molar refractivity (Wildman–Crippen MR) is 62.3 cm³/mol. The molecule has 0 amide bonds. The summed E-state index contributed by atoms with van der Waals surface area (Å²) in [7, 11) is -1.34. The average molecular weight is 343 g/mol. The predicted octanol–water partition coefficient (Wildman–Crippen LogP) is -1.04. The maximum Gasteiger partial charge on any atom is 0.334 e. The summed E-state index contributed by atoms with van der Waals surface area (Å²) in [6.45, 7) is -0.397. The molecule has 0 aliphatic rings. The lowest BCUT2D eigenvalue weighted by Gasteiger charge is -2.11. The number of rotatable bonds is 6. The molecule has 1 aromatic heterocycles. The Hall–Kier alpha value is -1.04. The van der Waals surface area contributed by atoms with E-state index in [2.05, 4.69) is 35.7 Å². The van der Waals surface area contributed by atoms with Gasteiger partial charge in [0.25, 0.3) is 10.0 Å².